The number of hydrogen-bond donors (Lipinski definition) is 1. The highest BCUT2D eigenvalue weighted by Gasteiger charge is 2.15. The van der Waals surface area contributed by atoms with E-state index in [0.717, 1.165) is 23.2 Å². The standard InChI is InChI=1S/C24H28N2O2S/c1-25(15-19-5-8-21-14-22(28-3)10-9-20(21)13-19)17-24(27)26(2)16-18-6-11-23(29-4)12-7-18/h5-14H,15-17H2,1-4H3/p+1. The van der Waals surface area contributed by atoms with Crippen molar-refractivity contribution in [2.24, 2.45) is 0 Å². The molecule has 0 bridgehead atoms. The molecule has 0 aliphatic rings. The second-order valence-electron chi connectivity index (χ2n) is 7.46. The number of ether oxygens (including phenoxy) is 1. The Bertz CT molecular complexity index is 972. The van der Waals surface area contributed by atoms with Crippen LogP contribution in [0.25, 0.3) is 10.8 Å². The second kappa shape index (κ2) is 9.81. The highest BCUT2D eigenvalue weighted by atomic mass is 32.2. The third-order valence-corrected chi connectivity index (χ3v) is 5.82. The lowest BCUT2D eigenvalue weighted by atomic mass is 10.1. The Morgan fingerprint density at radius 3 is 2.34 bits per heavy atom. The van der Waals surface area contributed by atoms with Crippen LogP contribution in [0.2, 0.25) is 0 Å². The van der Waals surface area contributed by atoms with E-state index in [-0.39, 0.29) is 5.91 Å². The van der Waals surface area contributed by atoms with Gasteiger partial charge < -0.3 is 14.5 Å². The largest absolute Gasteiger partial charge is 0.497 e. The quantitative estimate of drug-likeness (QED) is 0.580. The third kappa shape index (κ3) is 5.75. The number of hydrogen-bond acceptors (Lipinski definition) is 3. The molecule has 3 aromatic rings. The SMILES string of the molecule is COc1ccc2cc(C[NH+](C)CC(=O)N(C)Cc3ccc(SC)cc3)ccc2c1. The van der Waals surface area contributed by atoms with Crippen molar-refractivity contribution in [2.45, 2.75) is 18.0 Å². The highest BCUT2D eigenvalue weighted by molar-refractivity contribution is 7.98. The smallest absolute Gasteiger partial charge is 0.277 e. The molecule has 0 fully saturated rings. The molecule has 0 aliphatic heterocycles. The van der Waals surface area contributed by atoms with E-state index >= 15 is 0 Å². The van der Waals surface area contributed by atoms with Gasteiger partial charge in [-0.2, -0.15) is 0 Å². The van der Waals surface area contributed by atoms with Gasteiger partial charge in [0.2, 0.25) is 0 Å². The van der Waals surface area contributed by atoms with E-state index in [9.17, 15) is 4.79 Å². The van der Waals surface area contributed by atoms with Crippen LogP contribution in [0.15, 0.2) is 65.6 Å². The zero-order valence-corrected chi connectivity index (χ0v) is 18.4. The monoisotopic (exact) mass is 409 g/mol. The molecule has 1 atom stereocenters. The van der Waals surface area contributed by atoms with Gasteiger partial charge in [-0.15, -0.1) is 11.8 Å². The number of fused-ring (bicyclic) bond motifs is 1. The van der Waals surface area contributed by atoms with E-state index in [1.165, 1.54) is 20.7 Å². The van der Waals surface area contributed by atoms with E-state index in [2.05, 4.69) is 61.8 Å². The molecule has 29 heavy (non-hydrogen) atoms. The van der Waals surface area contributed by atoms with Crippen molar-refractivity contribution in [2.75, 3.05) is 34.0 Å². The first-order valence-electron chi connectivity index (χ1n) is 9.73. The molecule has 0 aliphatic carbocycles. The first kappa shape index (κ1) is 21.2. The van der Waals surface area contributed by atoms with Crippen molar-refractivity contribution < 1.29 is 14.4 Å². The Morgan fingerprint density at radius 2 is 1.66 bits per heavy atom. The number of methoxy groups -OCH3 is 1. The van der Waals surface area contributed by atoms with Crippen LogP contribution in [-0.4, -0.2) is 44.8 Å². The molecule has 4 nitrogen and oxygen atoms in total. The van der Waals surface area contributed by atoms with Crippen molar-refractivity contribution >= 4 is 28.4 Å². The molecule has 5 heteroatoms. The number of carbonyl (C=O) groups excluding carboxylic acids is 1. The van der Waals surface area contributed by atoms with Crippen LogP contribution in [0.4, 0.5) is 0 Å². The Hall–Kier alpha value is -2.50. The van der Waals surface area contributed by atoms with E-state index in [1.54, 1.807) is 18.9 Å². The summed E-state index contributed by atoms with van der Waals surface area (Å²) >= 11 is 1.72. The Labute approximate surface area is 177 Å². The normalized spacial score (nSPS) is 12.0. The van der Waals surface area contributed by atoms with Gasteiger partial charge in [0.15, 0.2) is 6.54 Å². The van der Waals surface area contributed by atoms with Gasteiger partial charge in [-0.3, -0.25) is 4.79 Å². The van der Waals surface area contributed by atoms with Gasteiger partial charge in [-0.1, -0.05) is 30.3 Å². The fourth-order valence-electron chi connectivity index (χ4n) is 3.41. The van der Waals surface area contributed by atoms with Gasteiger partial charge in [0.05, 0.1) is 14.2 Å². The molecular weight excluding hydrogens is 380 g/mol. The molecular formula is C24H29N2O2S+. The minimum Gasteiger partial charge on any atom is -0.497 e. The number of amides is 1. The van der Waals surface area contributed by atoms with Gasteiger partial charge in [0.1, 0.15) is 12.3 Å². The maximum atomic E-state index is 12.6. The summed E-state index contributed by atoms with van der Waals surface area (Å²) in [6, 6.07) is 20.9. The molecule has 0 spiro atoms. The molecule has 3 aromatic carbocycles. The summed E-state index contributed by atoms with van der Waals surface area (Å²) in [6.07, 6.45) is 2.07. The average Bonchev–Trinajstić information content (AvgIpc) is 2.73. The maximum Gasteiger partial charge on any atom is 0.277 e. The summed E-state index contributed by atoms with van der Waals surface area (Å²) in [5.41, 5.74) is 2.38. The molecule has 0 saturated carbocycles. The molecule has 3 rings (SSSR count). The summed E-state index contributed by atoms with van der Waals surface area (Å²) in [5, 5.41) is 2.35. The fraction of sp³-hybridized carbons (Fsp3) is 0.292. The minimum absolute atomic E-state index is 0.155. The number of benzene rings is 3. The maximum absolute atomic E-state index is 12.6. The Kier molecular flexibility index (Phi) is 7.18. The number of quaternary nitrogens is 1. The van der Waals surface area contributed by atoms with Gasteiger partial charge in [-0.05, 0) is 52.9 Å². The lowest BCUT2D eigenvalue weighted by Crippen LogP contribution is -3.08. The number of nitrogens with one attached hydrogen (secondary N) is 1. The summed E-state index contributed by atoms with van der Waals surface area (Å²) in [6.45, 7) is 1.92. The van der Waals surface area contributed by atoms with Crippen molar-refractivity contribution in [3.8, 4) is 5.75 Å². The van der Waals surface area contributed by atoms with E-state index in [1.807, 2.05) is 24.1 Å². The van der Waals surface area contributed by atoms with Crippen molar-refractivity contribution in [3.63, 3.8) is 0 Å². The van der Waals surface area contributed by atoms with Crippen LogP contribution in [0, 0.1) is 0 Å². The summed E-state index contributed by atoms with van der Waals surface area (Å²) < 4.78 is 5.29. The number of carbonyl (C=O) groups is 1. The molecule has 0 aromatic heterocycles. The average molecular weight is 410 g/mol. The minimum atomic E-state index is 0.155. The molecule has 0 heterocycles. The Morgan fingerprint density at radius 1 is 1.00 bits per heavy atom. The van der Waals surface area contributed by atoms with E-state index < -0.39 is 0 Å². The lowest BCUT2D eigenvalue weighted by molar-refractivity contribution is -0.885. The zero-order chi connectivity index (χ0) is 20.8. The third-order valence-electron chi connectivity index (χ3n) is 5.08. The number of rotatable bonds is 8. The van der Waals surface area contributed by atoms with Gasteiger partial charge in [-0.25, -0.2) is 0 Å². The summed E-state index contributed by atoms with van der Waals surface area (Å²) in [7, 11) is 5.62. The predicted molar refractivity (Wildman–Crippen MR) is 121 cm³/mol. The van der Waals surface area contributed by atoms with Crippen LogP contribution >= 0.6 is 11.8 Å². The van der Waals surface area contributed by atoms with Crippen LogP contribution < -0.4 is 9.64 Å². The summed E-state index contributed by atoms with van der Waals surface area (Å²) in [4.78, 5) is 16.9. The zero-order valence-electron chi connectivity index (χ0n) is 17.6. The number of thioether (sulfide) groups is 1. The predicted octanol–water partition coefficient (Wildman–Crippen LogP) is 3.24. The highest BCUT2D eigenvalue weighted by Crippen LogP contribution is 2.21. The summed E-state index contributed by atoms with van der Waals surface area (Å²) in [5.74, 6) is 1.02. The molecule has 152 valence electrons. The topological polar surface area (TPSA) is 34.0 Å². The molecule has 1 N–H and O–H groups in total. The van der Waals surface area contributed by atoms with Crippen molar-refractivity contribution in [1.82, 2.24) is 4.90 Å². The number of nitrogens with zero attached hydrogens (tertiary/aromatic N) is 1. The van der Waals surface area contributed by atoms with Crippen LogP contribution in [0.3, 0.4) is 0 Å². The second-order valence-corrected chi connectivity index (χ2v) is 8.34. The van der Waals surface area contributed by atoms with Crippen molar-refractivity contribution in [3.05, 3.63) is 71.8 Å². The van der Waals surface area contributed by atoms with Crippen molar-refractivity contribution in [1.29, 1.82) is 0 Å². The van der Waals surface area contributed by atoms with Crippen LogP contribution in [0.1, 0.15) is 11.1 Å². The molecule has 1 amide bonds. The molecule has 0 saturated heterocycles. The Balaban J connectivity index is 1.56. The van der Waals surface area contributed by atoms with Crippen LogP contribution in [0.5, 0.6) is 5.75 Å². The first-order chi connectivity index (χ1) is 14.0. The number of likely N-dealkylation sites (N-methyl/N-ethyl adjacent to an activating group) is 2. The first-order valence-corrected chi connectivity index (χ1v) is 11.0. The van der Waals surface area contributed by atoms with Gasteiger partial charge in [0, 0.05) is 24.1 Å². The van der Waals surface area contributed by atoms with E-state index in [4.69, 9.17) is 4.74 Å². The lowest BCUT2D eigenvalue weighted by Gasteiger charge is -2.20. The van der Waals surface area contributed by atoms with Crippen LogP contribution in [-0.2, 0) is 17.9 Å². The molecule has 0 radical (unpaired) electrons. The molecule has 1 unspecified atom stereocenters. The van der Waals surface area contributed by atoms with E-state index in [0.29, 0.717) is 13.1 Å². The van der Waals surface area contributed by atoms with Gasteiger partial charge >= 0.3 is 0 Å². The van der Waals surface area contributed by atoms with Gasteiger partial charge in [0.25, 0.3) is 5.91 Å². The fourth-order valence-corrected chi connectivity index (χ4v) is 3.82.